The van der Waals surface area contributed by atoms with Crippen molar-refractivity contribution in [2.24, 2.45) is 0 Å². The second kappa shape index (κ2) is 6.91. The molecule has 0 fully saturated rings. The lowest BCUT2D eigenvalue weighted by Gasteiger charge is -2.16. The third-order valence-electron chi connectivity index (χ3n) is 2.54. The quantitative estimate of drug-likeness (QED) is 0.768. The van der Waals surface area contributed by atoms with Crippen LogP contribution in [0, 0.1) is 0 Å². The van der Waals surface area contributed by atoms with Gasteiger partial charge in [-0.3, -0.25) is 4.79 Å². The zero-order chi connectivity index (χ0) is 12.7. The molecule has 1 rings (SSSR count). The summed E-state index contributed by atoms with van der Waals surface area (Å²) < 4.78 is 10.0. The molecule has 17 heavy (non-hydrogen) atoms. The molecule has 1 N–H and O–H groups in total. The van der Waals surface area contributed by atoms with E-state index in [0.29, 0.717) is 13.0 Å². The van der Waals surface area contributed by atoms with Gasteiger partial charge in [0.25, 0.3) is 0 Å². The average Bonchev–Trinajstić information content (AvgIpc) is 2.36. The Kier molecular flexibility index (Phi) is 5.49. The first kappa shape index (κ1) is 13.5. The van der Waals surface area contributed by atoms with Crippen LogP contribution in [0.4, 0.5) is 0 Å². The van der Waals surface area contributed by atoms with Gasteiger partial charge in [0.1, 0.15) is 5.75 Å². The zero-order valence-corrected chi connectivity index (χ0v) is 10.5. The monoisotopic (exact) mass is 237 g/mol. The molecule has 0 saturated carbocycles. The molecule has 1 aromatic carbocycles. The highest BCUT2D eigenvalue weighted by molar-refractivity contribution is 5.70. The summed E-state index contributed by atoms with van der Waals surface area (Å²) in [5.74, 6) is 0.613. The van der Waals surface area contributed by atoms with E-state index in [0.717, 1.165) is 11.3 Å². The predicted octanol–water partition coefficient (Wildman–Crippen LogP) is 1.91. The normalized spacial score (nSPS) is 11.9. The van der Waals surface area contributed by atoms with Gasteiger partial charge >= 0.3 is 5.97 Å². The number of rotatable bonds is 6. The maximum absolute atomic E-state index is 11.4. The Balaban J connectivity index is 2.68. The summed E-state index contributed by atoms with van der Waals surface area (Å²) in [7, 11) is 3.46. The molecule has 94 valence electrons. The van der Waals surface area contributed by atoms with E-state index in [9.17, 15) is 4.79 Å². The van der Waals surface area contributed by atoms with Gasteiger partial charge in [-0.25, -0.2) is 0 Å². The molecule has 0 spiro atoms. The molecule has 4 nitrogen and oxygen atoms in total. The van der Waals surface area contributed by atoms with E-state index in [1.807, 2.05) is 31.3 Å². The van der Waals surface area contributed by atoms with Gasteiger partial charge in [-0.05, 0) is 31.7 Å². The van der Waals surface area contributed by atoms with Gasteiger partial charge in [0, 0.05) is 6.04 Å². The number of benzene rings is 1. The maximum Gasteiger partial charge on any atom is 0.307 e. The minimum absolute atomic E-state index is 0.0278. The lowest BCUT2D eigenvalue weighted by atomic mass is 10.0. The lowest BCUT2D eigenvalue weighted by Crippen LogP contribution is -2.21. The number of hydrogen-bond donors (Lipinski definition) is 1. The van der Waals surface area contributed by atoms with Crippen molar-refractivity contribution in [3.63, 3.8) is 0 Å². The number of carbonyl (C=O) groups excluding carboxylic acids is 1. The maximum atomic E-state index is 11.4. The molecule has 0 amide bonds. The molecule has 0 heterocycles. The SMILES string of the molecule is CCOC(=O)C[C@H](NC)c1ccc(OC)cc1. The van der Waals surface area contributed by atoms with E-state index in [4.69, 9.17) is 9.47 Å². The topological polar surface area (TPSA) is 47.6 Å². The van der Waals surface area contributed by atoms with Crippen molar-refractivity contribution in [3.8, 4) is 5.75 Å². The number of methoxy groups -OCH3 is 1. The molecule has 4 heteroatoms. The van der Waals surface area contributed by atoms with Crippen molar-refractivity contribution in [1.82, 2.24) is 5.32 Å². The number of ether oxygens (including phenoxy) is 2. The van der Waals surface area contributed by atoms with Crippen LogP contribution in [0.2, 0.25) is 0 Å². The smallest absolute Gasteiger partial charge is 0.307 e. The highest BCUT2D eigenvalue weighted by Gasteiger charge is 2.14. The molecule has 0 unspecified atom stereocenters. The van der Waals surface area contributed by atoms with E-state index >= 15 is 0 Å². The molecular weight excluding hydrogens is 218 g/mol. The predicted molar refractivity (Wildman–Crippen MR) is 66.0 cm³/mol. The van der Waals surface area contributed by atoms with E-state index in [1.165, 1.54) is 0 Å². The first-order chi connectivity index (χ1) is 8.21. The fourth-order valence-electron chi connectivity index (χ4n) is 1.61. The Bertz CT molecular complexity index is 348. The standard InChI is InChI=1S/C13H19NO3/c1-4-17-13(15)9-12(14-2)10-5-7-11(16-3)8-6-10/h5-8,12,14H,4,9H2,1-3H3/t12-/m0/s1. The van der Waals surface area contributed by atoms with Crippen LogP contribution in [-0.4, -0.2) is 26.7 Å². The van der Waals surface area contributed by atoms with Crippen molar-refractivity contribution in [2.45, 2.75) is 19.4 Å². The van der Waals surface area contributed by atoms with Gasteiger partial charge in [0.15, 0.2) is 0 Å². The molecular formula is C13H19NO3. The van der Waals surface area contributed by atoms with Crippen molar-refractivity contribution in [1.29, 1.82) is 0 Å². The fourth-order valence-corrected chi connectivity index (χ4v) is 1.61. The molecule has 1 atom stereocenters. The molecule has 0 aliphatic heterocycles. The van der Waals surface area contributed by atoms with E-state index in [-0.39, 0.29) is 12.0 Å². The van der Waals surface area contributed by atoms with Crippen LogP contribution < -0.4 is 10.1 Å². The molecule has 0 saturated heterocycles. The van der Waals surface area contributed by atoms with Gasteiger partial charge in [0.2, 0.25) is 0 Å². The minimum atomic E-state index is -0.192. The van der Waals surface area contributed by atoms with Crippen molar-refractivity contribution in [2.75, 3.05) is 20.8 Å². The third-order valence-corrected chi connectivity index (χ3v) is 2.54. The summed E-state index contributed by atoms with van der Waals surface area (Å²) in [4.78, 5) is 11.4. The van der Waals surface area contributed by atoms with E-state index < -0.39 is 0 Å². The number of esters is 1. The van der Waals surface area contributed by atoms with Gasteiger partial charge in [0.05, 0.1) is 20.1 Å². The second-order valence-corrected chi connectivity index (χ2v) is 3.62. The zero-order valence-electron chi connectivity index (χ0n) is 10.5. The summed E-state index contributed by atoms with van der Waals surface area (Å²) in [5.41, 5.74) is 1.04. The summed E-state index contributed by atoms with van der Waals surface area (Å²) in [5, 5.41) is 3.10. The second-order valence-electron chi connectivity index (χ2n) is 3.62. The van der Waals surface area contributed by atoms with E-state index in [2.05, 4.69) is 5.32 Å². The Labute approximate surface area is 102 Å². The first-order valence-corrected chi connectivity index (χ1v) is 5.68. The van der Waals surface area contributed by atoms with Crippen LogP contribution in [0.1, 0.15) is 24.9 Å². The number of carbonyl (C=O) groups is 1. The molecule has 0 aromatic heterocycles. The van der Waals surface area contributed by atoms with Crippen molar-refractivity contribution >= 4 is 5.97 Å². The van der Waals surface area contributed by atoms with Crippen LogP contribution in [-0.2, 0) is 9.53 Å². The highest BCUT2D eigenvalue weighted by atomic mass is 16.5. The Morgan fingerprint density at radius 1 is 1.35 bits per heavy atom. The Hall–Kier alpha value is -1.55. The molecule has 1 aromatic rings. The van der Waals surface area contributed by atoms with Gasteiger partial charge in [-0.2, -0.15) is 0 Å². The van der Waals surface area contributed by atoms with Gasteiger partial charge < -0.3 is 14.8 Å². The van der Waals surface area contributed by atoms with E-state index in [1.54, 1.807) is 14.0 Å². The van der Waals surface area contributed by atoms with Crippen LogP contribution in [0.25, 0.3) is 0 Å². The van der Waals surface area contributed by atoms with Gasteiger partial charge in [-0.15, -0.1) is 0 Å². The molecule has 0 bridgehead atoms. The lowest BCUT2D eigenvalue weighted by molar-refractivity contribution is -0.143. The van der Waals surface area contributed by atoms with Crippen LogP contribution in [0.3, 0.4) is 0 Å². The summed E-state index contributed by atoms with van der Waals surface area (Å²) >= 11 is 0. The first-order valence-electron chi connectivity index (χ1n) is 5.68. The van der Waals surface area contributed by atoms with Gasteiger partial charge in [-0.1, -0.05) is 12.1 Å². The molecule has 0 aliphatic carbocycles. The Morgan fingerprint density at radius 3 is 2.47 bits per heavy atom. The Morgan fingerprint density at radius 2 is 2.00 bits per heavy atom. The number of hydrogen-bond acceptors (Lipinski definition) is 4. The highest BCUT2D eigenvalue weighted by Crippen LogP contribution is 2.20. The van der Waals surface area contributed by atoms with Crippen molar-refractivity contribution in [3.05, 3.63) is 29.8 Å². The average molecular weight is 237 g/mol. The van der Waals surface area contributed by atoms with Crippen LogP contribution >= 0.6 is 0 Å². The summed E-state index contributed by atoms with van der Waals surface area (Å²) in [6.45, 7) is 2.22. The number of nitrogens with one attached hydrogen (secondary N) is 1. The minimum Gasteiger partial charge on any atom is -0.497 e. The summed E-state index contributed by atoms with van der Waals surface area (Å²) in [6.07, 6.45) is 0.330. The van der Waals surface area contributed by atoms with Crippen LogP contribution in [0.15, 0.2) is 24.3 Å². The third kappa shape index (κ3) is 4.07. The van der Waals surface area contributed by atoms with Crippen LogP contribution in [0.5, 0.6) is 5.75 Å². The largest absolute Gasteiger partial charge is 0.497 e. The summed E-state index contributed by atoms with van der Waals surface area (Å²) in [6, 6.07) is 7.62. The molecule has 0 radical (unpaired) electrons. The fraction of sp³-hybridized carbons (Fsp3) is 0.462. The molecule has 0 aliphatic rings. The van der Waals surface area contributed by atoms with Crippen molar-refractivity contribution < 1.29 is 14.3 Å².